The number of methoxy groups -OCH3 is 1. The SMILES string of the molecule is CNC[C@@H](OC(C)C)c1cccc(OC)c1. The molecular weight excluding hydrogens is 202 g/mol. The van der Waals surface area contributed by atoms with E-state index in [2.05, 4.69) is 11.4 Å². The van der Waals surface area contributed by atoms with Crippen molar-refractivity contribution in [1.29, 1.82) is 0 Å². The Morgan fingerprint density at radius 1 is 1.31 bits per heavy atom. The molecule has 0 bridgehead atoms. The van der Waals surface area contributed by atoms with Crippen molar-refractivity contribution >= 4 is 0 Å². The summed E-state index contributed by atoms with van der Waals surface area (Å²) in [5.41, 5.74) is 1.14. The molecule has 0 saturated heterocycles. The summed E-state index contributed by atoms with van der Waals surface area (Å²) in [6, 6.07) is 8.01. The van der Waals surface area contributed by atoms with Crippen LogP contribution in [0.4, 0.5) is 0 Å². The Hall–Kier alpha value is -1.06. The van der Waals surface area contributed by atoms with Crippen LogP contribution in [0.1, 0.15) is 25.5 Å². The molecule has 0 aromatic heterocycles. The van der Waals surface area contributed by atoms with E-state index in [4.69, 9.17) is 9.47 Å². The van der Waals surface area contributed by atoms with Gasteiger partial charge in [-0.1, -0.05) is 12.1 Å². The predicted octanol–water partition coefficient (Wildman–Crippen LogP) is 2.38. The molecular formula is C13H21NO2. The van der Waals surface area contributed by atoms with Crippen molar-refractivity contribution in [3.63, 3.8) is 0 Å². The normalized spacial score (nSPS) is 12.8. The van der Waals surface area contributed by atoms with Gasteiger partial charge in [0.05, 0.1) is 19.3 Å². The van der Waals surface area contributed by atoms with Crippen molar-refractivity contribution in [2.45, 2.75) is 26.1 Å². The van der Waals surface area contributed by atoms with Crippen LogP contribution in [-0.2, 0) is 4.74 Å². The highest BCUT2D eigenvalue weighted by molar-refractivity contribution is 5.30. The highest BCUT2D eigenvalue weighted by atomic mass is 16.5. The third-order valence-corrected chi connectivity index (χ3v) is 2.29. The Balaban J connectivity index is 2.82. The van der Waals surface area contributed by atoms with Crippen LogP contribution in [0, 0.1) is 0 Å². The van der Waals surface area contributed by atoms with Crippen LogP contribution in [0.25, 0.3) is 0 Å². The van der Waals surface area contributed by atoms with Crippen molar-refractivity contribution < 1.29 is 9.47 Å². The summed E-state index contributed by atoms with van der Waals surface area (Å²) in [4.78, 5) is 0. The fourth-order valence-corrected chi connectivity index (χ4v) is 1.60. The molecule has 0 fully saturated rings. The van der Waals surface area contributed by atoms with E-state index in [9.17, 15) is 0 Å². The van der Waals surface area contributed by atoms with Crippen molar-refractivity contribution in [3.8, 4) is 5.75 Å². The lowest BCUT2D eigenvalue weighted by Gasteiger charge is -2.21. The van der Waals surface area contributed by atoms with Gasteiger partial charge in [0.15, 0.2) is 0 Å². The van der Waals surface area contributed by atoms with E-state index in [-0.39, 0.29) is 12.2 Å². The van der Waals surface area contributed by atoms with Gasteiger partial charge in [0.2, 0.25) is 0 Å². The minimum Gasteiger partial charge on any atom is -0.497 e. The third kappa shape index (κ3) is 3.83. The lowest BCUT2D eigenvalue weighted by atomic mass is 10.1. The van der Waals surface area contributed by atoms with Gasteiger partial charge in [0.1, 0.15) is 5.75 Å². The van der Waals surface area contributed by atoms with Crippen molar-refractivity contribution in [2.24, 2.45) is 0 Å². The molecule has 1 aromatic rings. The third-order valence-electron chi connectivity index (χ3n) is 2.29. The second kappa shape index (κ2) is 6.51. The predicted molar refractivity (Wildman–Crippen MR) is 65.9 cm³/mol. The number of hydrogen-bond donors (Lipinski definition) is 1. The summed E-state index contributed by atoms with van der Waals surface area (Å²) in [6.45, 7) is 4.89. The maximum Gasteiger partial charge on any atom is 0.119 e. The molecule has 0 radical (unpaired) electrons. The first-order valence-electron chi connectivity index (χ1n) is 5.61. The minimum absolute atomic E-state index is 0.0695. The van der Waals surface area contributed by atoms with Crippen LogP contribution in [0.3, 0.4) is 0 Å². The van der Waals surface area contributed by atoms with Crippen LogP contribution in [-0.4, -0.2) is 26.8 Å². The average molecular weight is 223 g/mol. The van der Waals surface area contributed by atoms with Crippen molar-refractivity contribution in [3.05, 3.63) is 29.8 Å². The summed E-state index contributed by atoms with van der Waals surface area (Å²) in [5.74, 6) is 0.867. The molecule has 0 spiro atoms. The average Bonchev–Trinajstić information content (AvgIpc) is 2.28. The quantitative estimate of drug-likeness (QED) is 0.803. The van der Waals surface area contributed by atoms with Gasteiger partial charge in [-0.15, -0.1) is 0 Å². The second-order valence-corrected chi connectivity index (χ2v) is 4.01. The maximum absolute atomic E-state index is 5.86. The summed E-state index contributed by atoms with van der Waals surface area (Å²) in [5, 5.41) is 3.14. The van der Waals surface area contributed by atoms with Gasteiger partial charge in [-0.05, 0) is 38.6 Å². The Kier molecular flexibility index (Phi) is 5.29. The van der Waals surface area contributed by atoms with E-state index in [0.29, 0.717) is 0 Å². The molecule has 1 N–H and O–H groups in total. The number of likely N-dealkylation sites (N-methyl/N-ethyl adjacent to an activating group) is 1. The molecule has 0 unspecified atom stereocenters. The Morgan fingerprint density at radius 3 is 2.62 bits per heavy atom. The molecule has 0 aliphatic carbocycles. The van der Waals surface area contributed by atoms with Crippen LogP contribution >= 0.6 is 0 Å². The molecule has 1 rings (SSSR count). The van der Waals surface area contributed by atoms with Gasteiger partial charge in [-0.3, -0.25) is 0 Å². The summed E-state index contributed by atoms with van der Waals surface area (Å²) < 4.78 is 11.1. The molecule has 1 atom stereocenters. The number of hydrogen-bond acceptors (Lipinski definition) is 3. The van der Waals surface area contributed by atoms with E-state index in [1.807, 2.05) is 39.1 Å². The van der Waals surface area contributed by atoms with Gasteiger partial charge in [-0.2, -0.15) is 0 Å². The van der Waals surface area contributed by atoms with Gasteiger partial charge in [0.25, 0.3) is 0 Å². The monoisotopic (exact) mass is 223 g/mol. The molecule has 90 valence electrons. The molecule has 0 aliphatic heterocycles. The number of benzene rings is 1. The molecule has 0 amide bonds. The van der Waals surface area contributed by atoms with E-state index in [0.717, 1.165) is 17.9 Å². The standard InChI is InChI=1S/C13H21NO2/c1-10(2)16-13(9-14-3)11-6-5-7-12(8-11)15-4/h5-8,10,13-14H,9H2,1-4H3/t13-/m1/s1. The summed E-state index contributed by atoms with van der Waals surface area (Å²) in [7, 11) is 3.60. The number of rotatable bonds is 6. The minimum atomic E-state index is 0.0695. The van der Waals surface area contributed by atoms with Crippen molar-refractivity contribution in [2.75, 3.05) is 20.7 Å². The first-order chi connectivity index (χ1) is 7.67. The van der Waals surface area contributed by atoms with Crippen LogP contribution < -0.4 is 10.1 Å². The fourth-order valence-electron chi connectivity index (χ4n) is 1.60. The van der Waals surface area contributed by atoms with Crippen LogP contribution in [0.2, 0.25) is 0 Å². The Morgan fingerprint density at radius 2 is 2.06 bits per heavy atom. The zero-order valence-electron chi connectivity index (χ0n) is 10.5. The molecule has 3 nitrogen and oxygen atoms in total. The van der Waals surface area contributed by atoms with Crippen LogP contribution in [0.5, 0.6) is 5.75 Å². The number of nitrogens with one attached hydrogen (secondary N) is 1. The first-order valence-corrected chi connectivity index (χ1v) is 5.61. The van der Waals surface area contributed by atoms with Gasteiger partial charge in [0, 0.05) is 6.54 Å². The Bertz CT molecular complexity index is 313. The van der Waals surface area contributed by atoms with Gasteiger partial charge < -0.3 is 14.8 Å². The smallest absolute Gasteiger partial charge is 0.119 e. The number of ether oxygens (including phenoxy) is 2. The largest absolute Gasteiger partial charge is 0.497 e. The van der Waals surface area contributed by atoms with E-state index >= 15 is 0 Å². The molecule has 0 heterocycles. The van der Waals surface area contributed by atoms with Crippen molar-refractivity contribution in [1.82, 2.24) is 5.32 Å². The highest BCUT2D eigenvalue weighted by Gasteiger charge is 2.13. The van der Waals surface area contributed by atoms with E-state index in [1.165, 1.54) is 0 Å². The summed E-state index contributed by atoms with van der Waals surface area (Å²) >= 11 is 0. The highest BCUT2D eigenvalue weighted by Crippen LogP contribution is 2.22. The van der Waals surface area contributed by atoms with Gasteiger partial charge >= 0.3 is 0 Å². The first kappa shape index (κ1) is 13.0. The van der Waals surface area contributed by atoms with E-state index < -0.39 is 0 Å². The zero-order valence-corrected chi connectivity index (χ0v) is 10.5. The zero-order chi connectivity index (χ0) is 12.0. The Labute approximate surface area is 97.8 Å². The van der Waals surface area contributed by atoms with Crippen LogP contribution in [0.15, 0.2) is 24.3 Å². The summed E-state index contributed by atoms with van der Waals surface area (Å²) in [6.07, 6.45) is 0.282. The molecule has 16 heavy (non-hydrogen) atoms. The molecule has 0 saturated carbocycles. The molecule has 0 aliphatic rings. The maximum atomic E-state index is 5.86. The topological polar surface area (TPSA) is 30.5 Å². The lowest BCUT2D eigenvalue weighted by Crippen LogP contribution is -2.22. The van der Waals surface area contributed by atoms with E-state index in [1.54, 1.807) is 7.11 Å². The lowest BCUT2D eigenvalue weighted by molar-refractivity contribution is 0.00804. The molecule has 3 heteroatoms. The van der Waals surface area contributed by atoms with Gasteiger partial charge in [-0.25, -0.2) is 0 Å². The molecule has 1 aromatic carbocycles. The fraction of sp³-hybridized carbons (Fsp3) is 0.538. The second-order valence-electron chi connectivity index (χ2n) is 4.01.